The third-order valence-electron chi connectivity index (χ3n) is 4.77. The lowest BCUT2D eigenvalue weighted by atomic mass is 10.0. The molecule has 0 spiro atoms. The molecule has 3 aromatic heterocycles. The second-order valence-electron chi connectivity index (χ2n) is 6.43. The molecule has 4 heterocycles. The maximum atomic E-state index is 12.8. The molecule has 1 aliphatic rings. The summed E-state index contributed by atoms with van der Waals surface area (Å²) in [5.74, 6) is 0.614. The third-order valence-corrected chi connectivity index (χ3v) is 4.77. The van der Waals surface area contributed by atoms with Crippen LogP contribution in [0.5, 0.6) is 5.88 Å². The Morgan fingerprint density at radius 3 is 2.85 bits per heavy atom. The van der Waals surface area contributed by atoms with Gasteiger partial charge in [0.05, 0.1) is 0 Å². The summed E-state index contributed by atoms with van der Waals surface area (Å²) >= 11 is 0. The minimum absolute atomic E-state index is 0.0450. The van der Waals surface area contributed by atoms with E-state index in [4.69, 9.17) is 4.74 Å². The Kier molecular flexibility index (Phi) is 4.20. The van der Waals surface area contributed by atoms with E-state index in [1.165, 1.54) is 5.69 Å². The van der Waals surface area contributed by atoms with Crippen molar-refractivity contribution in [3.63, 3.8) is 0 Å². The Morgan fingerprint density at radius 2 is 2.12 bits per heavy atom. The standard InChI is InChI=1S/C19H21N5O2/c1-22-10-5-6-17(22)19(25)24-11-8-16-14(12-24)15(21-23(16)2)13-26-18-7-3-4-9-20-18/h3-7,9-10H,8,11-13H2,1-2H3. The SMILES string of the molecule is Cn1cccc1C(=O)N1CCc2c(c(COc3ccccn3)nn2C)C1. The summed E-state index contributed by atoms with van der Waals surface area (Å²) < 4.78 is 9.52. The highest BCUT2D eigenvalue weighted by Crippen LogP contribution is 2.24. The Labute approximate surface area is 151 Å². The number of ether oxygens (including phenoxy) is 1. The zero-order chi connectivity index (χ0) is 18.1. The van der Waals surface area contributed by atoms with Crippen LogP contribution in [0.25, 0.3) is 0 Å². The van der Waals surface area contributed by atoms with Crippen molar-refractivity contribution in [2.45, 2.75) is 19.6 Å². The number of carbonyl (C=O) groups is 1. The second-order valence-corrected chi connectivity index (χ2v) is 6.43. The summed E-state index contributed by atoms with van der Waals surface area (Å²) in [6, 6.07) is 9.30. The van der Waals surface area contributed by atoms with Crippen molar-refractivity contribution in [3.8, 4) is 5.88 Å². The molecule has 0 N–H and O–H groups in total. The van der Waals surface area contributed by atoms with Crippen molar-refractivity contribution in [1.82, 2.24) is 24.2 Å². The van der Waals surface area contributed by atoms with Gasteiger partial charge >= 0.3 is 0 Å². The highest BCUT2D eigenvalue weighted by Gasteiger charge is 2.28. The van der Waals surface area contributed by atoms with Crippen LogP contribution in [0.2, 0.25) is 0 Å². The maximum absolute atomic E-state index is 12.8. The minimum Gasteiger partial charge on any atom is -0.471 e. The molecule has 1 aliphatic heterocycles. The number of carbonyl (C=O) groups excluding carboxylic acids is 1. The molecular weight excluding hydrogens is 330 g/mol. The first-order valence-corrected chi connectivity index (χ1v) is 8.61. The topological polar surface area (TPSA) is 65.2 Å². The molecule has 1 amide bonds. The van der Waals surface area contributed by atoms with Gasteiger partial charge in [-0.2, -0.15) is 5.10 Å². The molecule has 0 saturated carbocycles. The predicted molar refractivity (Wildman–Crippen MR) is 95.6 cm³/mol. The molecule has 3 aromatic rings. The zero-order valence-corrected chi connectivity index (χ0v) is 14.9. The number of aromatic nitrogens is 4. The summed E-state index contributed by atoms with van der Waals surface area (Å²) in [5.41, 5.74) is 3.80. The average Bonchev–Trinajstić information content (AvgIpc) is 3.23. The van der Waals surface area contributed by atoms with Gasteiger partial charge in [0.25, 0.3) is 5.91 Å². The summed E-state index contributed by atoms with van der Waals surface area (Å²) in [6.45, 7) is 1.58. The summed E-state index contributed by atoms with van der Waals surface area (Å²) in [6.07, 6.45) is 4.38. The number of amides is 1. The van der Waals surface area contributed by atoms with Crippen LogP contribution in [0.3, 0.4) is 0 Å². The van der Waals surface area contributed by atoms with Crippen LogP contribution >= 0.6 is 0 Å². The molecule has 4 rings (SSSR count). The number of rotatable bonds is 4. The molecule has 134 valence electrons. The molecule has 0 bridgehead atoms. The monoisotopic (exact) mass is 351 g/mol. The predicted octanol–water partition coefficient (Wildman–Crippen LogP) is 1.93. The van der Waals surface area contributed by atoms with Crippen molar-refractivity contribution < 1.29 is 9.53 Å². The first-order valence-electron chi connectivity index (χ1n) is 8.61. The van der Waals surface area contributed by atoms with Crippen LogP contribution < -0.4 is 4.74 Å². The number of hydrogen-bond donors (Lipinski definition) is 0. The first kappa shape index (κ1) is 16.4. The summed E-state index contributed by atoms with van der Waals surface area (Å²) in [4.78, 5) is 18.9. The fourth-order valence-corrected chi connectivity index (χ4v) is 3.38. The first-order chi connectivity index (χ1) is 12.6. The van der Waals surface area contributed by atoms with Crippen molar-refractivity contribution in [3.05, 3.63) is 65.4 Å². The van der Waals surface area contributed by atoms with Crippen LogP contribution in [-0.4, -0.2) is 36.7 Å². The summed E-state index contributed by atoms with van der Waals surface area (Å²) in [5, 5.41) is 4.60. The number of nitrogens with zero attached hydrogens (tertiary/aromatic N) is 5. The van der Waals surface area contributed by atoms with Gasteiger partial charge in [0.2, 0.25) is 5.88 Å². The maximum Gasteiger partial charge on any atom is 0.270 e. The smallest absolute Gasteiger partial charge is 0.270 e. The lowest BCUT2D eigenvalue weighted by Gasteiger charge is -2.28. The van der Waals surface area contributed by atoms with Crippen molar-refractivity contribution >= 4 is 5.91 Å². The molecule has 0 unspecified atom stereocenters. The molecule has 0 saturated heterocycles. The molecule has 26 heavy (non-hydrogen) atoms. The quantitative estimate of drug-likeness (QED) is 0.720. The molecule has 7 nitrogen and oxygen atoms in total. The molecule has 7 heteroatoms. The molecular formula is C19H21N5O2. The van der Waals surface area contributed by atoms with Gasteiger partial charge in [-0.15, -0.1) is 0 Å². The van der Waals surface area contributed by atoms with Gasteiger partial charge < -0.3 is 14.2 Å². The van der Waals surface area contributed by atoms with Crippen LogP contribution in [0, 0.1) is 0 Å². The van der Waals surface area contributed by atoms with Gasteiger partial charge in [0.1, 0.15) is 18.0 Å². The second kappa shape index (κ2) is 6.67. The number of hydrogen-bond acceptors (Lipinski definition) is 4. The lowest BCUT2D eigenvalue weighted by molar-refractivity contribution is 0.0722. The Bertz CT molecular complexity index is 929. The molecule has 0 aromatic carbocycles. The van der Waals surface area contributed by atoms with Crippen LogP contribution in [0.15, 0.2) is 42.7 Å². The van der Waals surface area contributed by atoms with E-state index in [0.717, 1.165) is 17.7 Å². The Morgan fingerprint density at radius 1 is 1.23 bits per heavy atom. The third kappa shape index (κ3) is 2.96. The number of fused-ring (bicyclic) bond motifs is 1. The summed E-state index contributed by atoms with van der Waals surface area (Å²) in [7, 11) is 3.83. The van der Waals surface area contributed by atoms with Crippen molar-refractivity contribution in [2.24, 2.45) is 14.1 Å². The van der Waals surface area contributed by atoms with E-state index in [1.54, 1.807) is 6.20 Å². The number of pyridine rings is 1. The highest BCUT2D eigenvalue weighted by atomic mass is 16.5. The molecule has 0 fully saturated rings. The average molecular weight is 351 g/mol. The van der Waals surface area contributed by atoms with Gasteiger partial charge in [-0.25, -0.2) is 4.98 Å². The van der Waals surface area contributed by atoms with E-state index in [9.17, 15) is 4.79 Å². The highest BCUT2D eigenvalue weighted by molar-refractivity contribution is 5.92. The van der Waals surface area contributed by atoms with Crippen LogP contribution in [0.1, 0.15) is 27.4 Å². The minimum atomic E-state index is 0.0450. The van der Waals surface area contributed by atoms with Crippen LogP contribution in [-0.2, 0) is 33.7 Å². The lowest BCUT2D eigenvalue weighted by Crippen LogP contribution is -2.37. The van der Waals surface area contributed by atoms with E-state index in [1.807, 2.05) is 64.8 Å². The van der Waals surface area contributed by atoms with Gasteiger partial charge in [0.15, 0.2) is 0 Å². The largest absolute Gasteiger partial charge is 0.471 e. The Balaban J connectivity index is 1.54. The Hall–Kier alpha value is -3.09. The van der Waals surface area contributed by atoms with E-state index in [-0.39, 0.29) is 5.91 Å². The van der Waals surface area contributed by atoms with Gasteiger partial charge in [-0.3, -0.25) is 9.48 Å². The van der Waals surface area contributed by atoms with E-state index in [2.05, 4.69) is 10.1 Å². The normalized spacial score (nSPS) is 13.5. The van der Waals surface area contributed by atoms with E-state index < -0.39 is 0 Å². The van der Waals surface area contributed by atoms with Gasteiger partial charge in [0, 0.05) is 63.3 Å². The fraction of sp³-hybridized carbons (Fsp3) is 0.316. The van der Waals surface area contributed by atoms with Gasteiger partial charge in [-0.1, -0.05) is 6.07 Å². The molecule has 0 aliphatic carbocycles. The van der Waals surface area contributed by atoms with E-state index >= 15 is 0 Å². The zero-order valence-electron chi connectivity index (χ0n) is 14.9. The fourth-order valence-electron chi connectivity index (χ4n) is 3.38. The number of aryl methyl sites for hydroxylation is 2. The van der Waals surface area contributed by atoms with E-state index in [0.29, 0.717) is 31.3 Å². The molecule has 0 radical (unpaired) electrons. The molecule has 0 atom stereocenters. The van der Waals surface area contributed by atoms with Gasteiger partial charge in [-0.05, 0) is 18.2 Å². The van der Waals surface area contributed by atoms with Crippen molar-refractivity contribution in [1.29, 1.82) is 0 Å². The van der Waals surface area contributed by atoms with Crippen LogP contribution in [0.4, 0.5) is 0 Å². The van der Waals surface area contributed by atoms with Crippen molar-refractivity contribution in [2.75, 3.05) is 6.54 Å².